The van der Waals surface area contributed by atoms with Gasteiger partial charge < -0.3 is 19.9 Å². The highest BCUT2D eigenvalue weighted by molar-refractivity contribution is 5.94. The molecule has 1 aromatic heterocycles. The summed E-state index contributed by atoms with van der Waals surface area (Å²) in [5.41, 5.74) is -0.486. The van der Waals surface area contributed by atoms with Crippen LogP contribution in [-0.2, 0) is 0 Å². The van der Waals surface area contributed by atoms with Crippen molar-refractivity contribution in [3.63, 3.8) is 0 Å². The standard InChI is InChI=1S/C20H21F2N3O3/c1-2-23-8-11-5-6-24(9-11)18-15(21)7-13-17(16(18)22)25(12-3-4-12)10-14(19(13)26)20(27)28/h5,7,10,12,23H,2-4,6,8-9H2,1H3,(H,27,28). The summed E-state index contributed by atoms with van der Waals surface area (Å²) in [7, 11) is 0. The third-order valence-corrected chi connectivity index (χ3v) is 5.27. The number of nitrogens with zero attached hydrogens (tertiary/aromatic N) is 2. The van der Waals surface area contributed by atoms with Gasteiger partial charge in [0, 0.05) is 31.9 Å². The zero-order valence-corrected chi connectivity index (χ0v) is 15.5. The summed E-state index contributed by atoms with van der Waals surface area (Å²) in [6.45, 7) is 4.21. The summed E-state index contributed by atoms with van der Waals surface area (Å²) < 4.78 is 31.8. The van der Waals surface area contributed by atoms with Crippen LogP contribution < -0.4 is 15.6 Å². The fourth-order valence-electron chi connectivity index (χ4n) is 3.71. The van der Waals surface area contributed by atoms with Crippen LogP contribution in [0.1, 0.15) is 36.2 Å². The van der Waals surface area contributed by atoms with E-state index in [1.54, 1.807) is 4.90 Å². The molecule has 6 nitrogen and oxygen atoms in total. The lowest BCUT2D eigenvalue weighted by Crippen LogP contribution is -2.26. The molecule has 1 aliphatic heterocycles. The zero-order chi connectivity index (χ0) is 20.0. The normalized spacial score (nSPS) is 16.7. The average Bonchev–Trinajstić information content (AvgIpc) is 3.39. The second-order valence-corrected chi connectivity index (χ2v) is 7.26. The topological polar surface area (TPSA) is 74.6 Å². The second-order valence-electron chi connectivity index (χ2n) is 7.26. The monoisotopic (exact) mass is 389 g/mol. The predicted octanol–water partition coefficient (Wildman–Crippen LogP) is 2.67. The second kappa shape index (κ2) is 7.01. The molecule has 0 radical (unpaired) electrons. The molecule has 4 rings (SSSR count). The molecule has 2 heterocycles. The van der Waals surface area contributed by atoms with Crippen LogP contribution in [-0.4, -0.2) is 41.8 Å². The van der Waals surface area contributed by atoms with Gasteiger partial charge in [-0.25, -0.2) is 13.6 Å². The van der Waals surface area contributed by atoms with Gasteiger partial charge in [0.05, 0.1) is 10.9 Å². The van der Waals surface area contributed by atoms with E-state index in [4.69, 9.17) is 0 Å². The van der Waals surface area contributed by atoms with Gasteiger partial charge in [-0.3, -0.25) is 4.79 Å². The van der Waals surface area contributed by atoms with Crippen molar-refractivity contribution < 1.29 is 18.7 Å². The first kappa shape index (κ1) is 18.6. The van der Waals surface area contributed by atoms with E-state index in [1.165, 1.54) is 10.8 Å². The van der Waals surface area contributed by atoms with E-state index in [9.17, 15) is 19.1 Å². The molecule has 0 saturated heterocycles. The third-order valence-electron chi connectivity index (χ3n) is 5.27. The van der Waals surface area contributed by atoms with Crippen molar-refractivity contribution in [3.8, 4) is 0 Å². The molecule has 1 saturated carbocycles. The third kappa shape index (κ3) is 3.07. The largest absolute Gasteiger partial charge is 0.477 e. The number of carboxylic acids is 1. The highest BCUT2D eigenvalue weighted by Crippen LogP contribution is 2.40. The zero-order valence-electron chi connectivity index (χ0n) is 15.5. The van der Waals surface area contributed by atoms with E-state index in [0.717, 1.165) is 31.0 Å². The smallest absolute Gasteiger partial charge is 0.341 e. The number of carboxylic acid groups (broad SMARTS) is 1. The molecule has 28 heavy (non-hydrogen) atoms. The summed E-state index contributed by atoms with van der Waals surface area (Å²) in [4.78, 5) is 25.5. The van der Waals surface area contributed by atoms with Gasteiger partial charge in [0.1, 0.15) is 17.1 Å². The van der Waals surface area contributed by atoms with E-state index in [1.807, 2.05) is 13.0 Å². The van der Waals surface area contributed by atoms with Gasteiger partial charge in [0.2, 0.25) is 5.43 Å². The van der Waals surface area contributed by atoms with Crippen molar-refractivity contribution in [2.75, 3.05) is 31.1 Å². The molecule has 0 unspecified atom stereocenters. The van der Waals surface area contributed by atoms with Crippen LogP contribution in [0, 0.1) is 11.6 Å². The lowest BCUT2D eigenvalue weighted by atomic mass is 10.1. The van der Waals surface area contributed by atoms with Crippen LogP contribution in [0.2, 0.25) is 0 Å². The number of hydrogen-bond acceptors (Lipinski definition) is 4. The molecule has 148 valence electrons. The SMILES string of the molecule is CCNCC1=CCN(c2c(F)cc3c(=O)c(C(=O)O)cn(C4CC4)c3c2F)C1. The van der Waals surface area contributed by atoms with E-state index in [2.05, 4.69) is 5.32 Å². The number of carbonyl (C=O) groups is 1. The molecule has 0 spiro atoms. The number of benzene rings is 1. The molecule has 0 amide bonds. The number of nitrogens with one attached hydrogen (secondary N) is 1. The number of likely N-dealkylation sites (N-methyl/N-ethyl adjacent to an activating group) is 1. The van der Waals surface area contributed by atoms with Gasteiger partial charge in [-0.05, 0) is 31.0 Å². The first-order chi connectivity index (χ1) is 13.4. The number of rotatable bonds is 6. The van der Waals surface area contributed by atoms with Crippen molar-refractivity contribution in [1.29, 1.82) is 0 Å². The summed E-state index contributed by atoms with van der Waals surface area (Å²) in [6.07, 6.45) is 4.66. The Kier molecular flexibility index (Phi) is 4.66. The number of anilines is 1. The molecule has 2 N–H and O–H groups in total. The molecule has 2 aliphatic rings. The lowest BCUT2D eigenvalue weighted by Gasteiger charge is -2.22. The Morgan fingerprint density at radius 2 is 2.11 bits per heavy atom. The van der Waals surface area contributed by atoms with Gasteiger partial charge in [0.15, 0.2) is 5.82 Å². The van der Waals surface area contributed by atoms with Gasteiger partial charge in [-0.1, -0.05) is 13.0 Å². The van der Waals surface area contributed by atoms with Crippen molar-refractivity contribution in [3.05, 3.63) is 51.3 Å². The quantitative estimate of drug-likeness (QED) is 0.743. The highest BCUT2D eigenvalue weighted by Gasteiger charge is 2.31. The molecular weight excluding hydrogens is 368 g/mol. The minimum atomic E-state index is -1.40. The molecule has 1 fully saturated rings. The maximum atomic E-state index is 15.5. The Balaban J connectivity index is 1.84. The minimum absolute atomic E-state index is 0.0194. The van der Waals surface area contributed by atoms with Crippen LogP contribution in [0.3, 0.4) is 0 Å². The summed E-state index contributed by atoms with van der Waals surface area (Å²) in [5.74, 6) is -3.07. The van der Waals surface area contributed by atoms with Crippen LogP contribution in [0.5, 0.6) is 0 Å². The number of aromatic nitrogens is 1. The van der Waals surface area contributed by atoms with Crippen LogP contribution in [0.15, 0.2) is 28.7 Å². The Morgan fingerprint density at radius 1 is 1.36 bits per heavy atom. The molecule has 1 aliphatic carbocycles. The summed E-state index contributed by atoms with van der Waals surface area (Å²) in [6, 6.07) is 0.902. The fraction of sp³-hybridized carbons (Fsp3) is 0.400. The Hall–Kier alpha value is -2.74. The van der Waals surface area contributed by atoms with Crippen molar-refractivity contribution in [2.45, 2.75) is 25.8 Å². The first-order valence-corrected chi connectivity index (χ1v) is 9.36. The lowest BCUT2D eigenvalue weighted by molar-refractivity contribution is 0.0695. The molecule has 1 aromatic carbocycles. The van der Waals surface area contributed by atoms with E-state index in [-0.39, 0.29) is 22.6 Å². The average molecular weight is 389 g/mol. The molecular formula is C20H21F2N3O3. The van der Waals surface area contributed by atoms with Gasteiger partial charge in [-0.2, -0.15) is 0 Å². The van der Waals surface area contributed by atoms with Crippen LogP contribution >= 0.6 is 0 Å². The van der Waals surface area contributed by atoms with Crippen molar-refractivity contribution in [1.82, 2.24) is 9.88 Å². The molecule has 2 aromatic rings. The van der Waals surface area contributed by atoms with E-state index < -0.39 is 28.6 Å². The van der Waals surface area contributed by atoms with Crippen molar-refractivity contribution >= 4 is 22.6 Å². The minimum Gasteiger partial charge on any atom is -0.477 e. The van der Waals surface area contributed by atoms with Gasteiger partial charge in [0.25, 0.3) is 0 Å². The van der Waals surface area contributed by atoms with Gasteiger partial charge >= 0.3 is 5.97 Å². The number of pyridine rings is 1. The van der Waals surface area contributed by atoms with Crippen LogP contribution in [0.4, 0.5) is 14.5 Å². The maximum absolute atomic E-state index is 15.5. The van der Waals surface area contributed by atoms with Crippen molar-refractivity contribution in [2.24, 2.45) is 0 Å². The van der Waals surface area contributed by atoms with E-state index >= 15 is 4.39 Å². The van der Waals surface area contributed by atoms with Gasteiger partial charge in [-0.15, -0.1) is 0 Å². The maximum Gasteiger partial charge on any atom is 0.341 e. The number of aromatic carboxylic acids is 1. The summed E-state index contributed by atoms with van der Waals surface area (Å²) >= 11 is 0. The number of fused-ring (bicyclic) bond motifs is 1. The summed E-state index contributed by atoms with van der Waals surface area (Å²) in [5, 5.41) is 12.3. The highest BCUT2D eigenvalue weighted by atomic mass is 19.1. The number of halogens is 2. The van der Waals surface area contributed by atoms with Crippen LogP contribution in [0.25, 0.3) is 10.9 Å². The fourth-order valence-corrected chi connectivity index (χ4v) is 3.71. The molecule has 0 bridgehead atoms. The Bertz CT molecular complexity index is 1060. The molecule has 0 atom stereocenters. The Labute approximate surface area is 160 Å². The Morgan fingerprint density at radius 3 is 2.75 bits per heavy atom. The molecule has 8 heteroatoms. The predicted molar refractivity (Wildman–Crippen MR) is 102 cm³/mol. The van der Waals surface area contributed by atoms with E-state index in [0.29, 0.717) is 19.6 Å². The number of hydrogen-bond donors (Lipinski definition) is 2. The first-order valence-electron chi connectivity index (χ1n) is 9.36.